The van der Waals surface area contributed by atoms with Crippen LogP contribution in [0.25, 0.3) is 0 Å². The van der Waals surface area contributed by atoms with Crippen molar-refractivity contribution in [3.8, 4) is 0 Å². The minimum atomic E-state index is 0.794. The molecule has 4 rings (SSSR count). The fraction of sp³-hybridized carbons (Fsp3) is 0.750. The standard InChI is InChI=1S/2C8H13NS/c2*1-5-6(2)8-7(5)9-3-4-10-8/h2*5-6,9H,3-4H2,1-2H3. The summed E-state index contributed by atoms with van der Waals surface area (Å²) in [5, 5.41) is 6.92. The number of nitrogens with one attached hydrogen (secondary N) is 2. The van der Waals surface area contributed by atoms with E-state index in [-0.39, 0.29) is 0 Å². The summed E-state index contributed by atoms with van der Waals surface area (Å²) < 4.78 is 0. The zero-order chi connectivity index (χ0) is 14.3. The average molecular weight is 311 g/mol. The monoisotopic (exact) mass is 310 g/mol. The summed E-state index contributed by atoms with van der Waals surface area (Å²) in [4.78, 5) is 3.25. The van der Waals surface area contributed by atoms with Gasteiger partial charge in [-0.15, -0.1) is 23.5 Å². The van der Waals surface area contributed by atoms with E-state index in [0.717, 1.165) is 23.7 Å². The molecule has 112 valence electrons. The molecule has 0 radical (unpaired) electrons. The Kier molecular flexibility index (Phi) is 4.32. The highest BCUT2D eigenvalue weighted by atomic mass is 32.2. The third-order valence-electron chi connectivity index (χ3n) is 5.12. The molecular formula is C16H26N2S2. The van der Waals surface area contributed by atoms with Gasteiger partial charge in [0.05, 0.1) is 0 Å². The van der Waals surface area contributed by atoms with Crippen molar-refractivity contribution in [1.82, 2.24) is 10.6 Å². The van der Waals surface area contributed by atoms with Crippen LogP contribution in [-0.2, 0) is 0 Å². The van der Waals surface area contributed by atoms with E-state index in [1.54, 1.807) is 9.81 Å². The first kappa shape index (κ1) is 14.7. The molecule has 4 heteroatoms. The van der Waals surface area contributed by atoms with Crippen molar-refractivity contribution < 1.29 is 0 Å². The summed E-state index contributed by atoms with van der Waals surface area (Å²) >= 11 is 4.08. The predicted molar refractivity (Wildman–Crippen MR) is 91.6 cm³/mol. The summed E-state index contributed by atoms with van der Waals surface area (Å²) in [6.45, 7) is 11.6. The molecule has 0 aromatic rings. The van der Waals surface area contributed by atoms with Gasteiger partial charge in [0.2, 0.25) is 0 Å². The lowest BCUT2D eigenvalue weighted by molar-refractivity contribution is 0.414. The maximum Gasteiger partial charge on any atom is 0.0241 e. The van der Waals surface area contributed by atoms with Gasteiger partial charge in [0, 0.05) is 57.6 Å². The van der Waals surface area contributed by atoms with E-state index in [1.165, 1.54) is 36.0 Å². The number of thioether (sulfide) groups is 2. The molecule has 4 atom stereocenters. The van der Waals surface area contributed by atoms with Gasteiger partial charge >= 0.3 is 0 Å². The number of rotatable bonds is 0. The smallest absolute Gasteiger partial charge is 0.0241 e. The first-order valence-electron chi connectivity index (χ1n) is 7.82. The molecule has 0 aromatic carbocycles. The maximum absolute atomic E-state index is 3.46. The van der Waals surface area contributed by atoms with Gasteiger partial charge in [0.25, 0.3) is 0 Å². The Bertz CT molecular complexity index is 373. The van der Waals surface area contributed by atoms with Gasteiger partial charge in [-0.3, -0.25) is 0 Å². The molecule has 2 N–H and O–H groups in total. The molecule has 4 aliphatic rings. The predicted octanol–water partition coefficient (Wildman–Crippen LogP) is 3.64. The van der Waals surface area contributed by atoms with E-state index in [0.29, 0.717) is 0 Å². The van der Waals surface area contributed by atoms with Crippen molar-refractivity contribution in [2.45, 2.75) is 27.7 Å². The second-order valence-electron chi connectivity index (χ2n) is 6.26. The van der Waals surface area contributed by atoms with Crippen molar-refractivity contribution in [2.24, 2.45) is 23.7 Å². The van der Waals surface area contributed by atoms with Crippen molar-refractivity contribution in [1.29, 1.82) is 0 Å². The highest BCUT2D eigenvalue weighted by Gasteiger charge is 2.36. The maximum atomic E-state index is 3.46. The van der Waals surface area contributed by atoms with Crippen LogP contribution in [0.15, 0.2) is 21.2 Å². The third-order valence-corrected chi connectivity index (χ3v) is 7.74. The summed E-state index contributed by atoms with van der Waals surface area (Å²) in [6, 6.07) is 0. The molecule has 0 spiro atoms. The van der Waals surface area contributed by atoms with E-state index in [4.69, 9.17) is 0 Å². The van der Waals surface area contributed by atoms with Crippen LogP contribution >= 0.6 is 23.5 Å². The molecule has 0 saturated heterocycles. The van der Waals surface area contributed by atoms with Crippen LogP contribution in [0.3, 0.4) is 0 Å². The Morgan fingerprint density at radius 2 is 1.10 bits per heavy atom. The zero-order valence-electron chi connectivity index (χ0n) is 13.0. The molecule has 2 aliphatic heterocycles. The molecule has 2 heterocycles. The Labute approximate surface area is 131 Å². The zero-order valence-corrected chi connectivity index (χ0v) is 14.6. The molecule has 2 aliphatic carbocycles. The van der Waals surface area contributed by atoms with Crippen molar-refractivity contribution in [3.63, 3.8) is 0 Å². The molecule has 0 amide bonds. The normalized spacial score (nSPS) is 38.2. The molecule has 0 saturated carbocycles. The van der Waals surface area contributed by atoms with E-state index in [9.17, 15) is 0 Å². The first-order chi connectivity index (χ1) is 9.61. The minimum Gasteiger partial charge on any atom is -0.387 e. The average Bonchev–Trinajstić information content (AvgIpc) is 2.53. The molecule has 20 heavy (non-hydrogen) atoms. The Balaban J connectivity index is 0.000000121. The molecular weight excluding hydrogens is 284 g/mol. The number of allylic oxidation sites excluding steroid dienone is 4. The van der Waals surface area contributed by atoms with Crippen LogP contribution in [0.4, 0.5) is 0 Å². The Morgan fingerprint density at radius 1 is 0.700 bits per heavy atom. The molecule has 2 nitrogen and oxygen atoms in total. The summed E-state index contributed by atoms with van der Waals surface area (Å²) in [6.07, 6.45) is 0. The fourth-order valence-corrected chi connectivity index (χ4v) is 5.92. The van der Waals surface area contributed by atoms with Crippen molar-refractivity contribution in [2.75, 3.05) is 24.6 Å². The summed E-state index contributed by atoms with van der Waals surface area (Å²) in [7, 11) is 0. The van der Waals surface area contributed by atoms with Gasteiger partial charge in [-0.2, -0.15) is 0 Å². The van der Waals surface area contributed by atoms with E-state index >= 15 is 0 Å². The number of hydrogen-bond acceptors (Lipinski definition) is 4. The summed E-state index contributed by atoms with van der Waals surface area (Å²) in [5.74, 6) is 5.76. The lowest BCUT2D eigenvalue weighted by Crippen LogP contribution is -2.38. The van der Waals surface area contributed by atoms with Crippen LogP contribution < -0.4 is 10.6 Å². The van der Waals surface area contributed by atoms with Crippen LogP contribution in [0.1, 0.15) is 27.7 Å². The fourth-order valence-electron chi connectivity index (χ4n) is 3.31. The highest BCUT2D eigenvalue weighted by molar-refractivity contribution is 8.03. The Hall–Kier alpha value is -0.220. The van der Waals surface area contributed by atoms with Gasteiger partial charge in [0.15, 0.2) is 0 Å². The second kappa shape index (κ2) is 5.88. The van der Waals surface area contributed by atoms with E-state index in [2.05, 4.69) is 38.3 Å². The topological polar surface area (TPSA) is 24.1 Å². The van der Waals surface area contributed by atoms with Crippen LogP contribution in [0.2, 0.25) is 0 Å². The molecule has 4 unspecified atom stereocenters. The van der Waals surface area contributed by atoms with Crippen molar-refractivity contribution in [3.05, 3.63) is 21.2 Å². The molecule has 0 fully saturated rings. The van der Waals surface area contributed by atoms with Crippen molar-refractivity contribution >= 4 is 23.5 Å². The van der Waals surface area contributed by atoms with Crippen LogP contribution in [0, 0.1) is 23.7 Å². The van der Waals surface area contributed by atoms with Crippen LogP contribution in [0.5, 0.6) is 0 Å². The van der Waals surface area contributed by atoms with Gasteiger partial charge in [-0.05, 0) is 11.8 Å². The van der Waals surface area contributed by atoms with Gasteiger partial charge < -0.3 is 10.6 Å². The van der Waals surface area contributed by atoms with E-state index < -0.39 is 0 Å². The van der Waals surface area contributed by atoms with E-state index in [1.807, 2.05) is 23.5 Å². The van der Waals surface area contributed by atoms with Gasteiger partial charge in [-0.1, -0.05) is 27.7 Å². The van der Waals surface area contributed by atoms with Crippen LogP contribution in [-0.4, -0.2) is 24.6 Å². The lowest BCUT2D eigenvalue weighted by Gasteiger charge is -2.40. The summed E-state index contributed by atoms with van der Waals surface area (Å²) in [5.41, 5.74) is 3.06. The first-order valence-corrected chi connectivity index (χ1v) is 9.79. The quantitative estimate of drug-likeness (QED) is 0.713. The molecule has 0 aromatic heterocycles. The largest absolute Gasteiger partial charge is 0.387 e. The third kappa shape index (κ3) is 2.39. The minimum absolute atomic E-state index is 0.794. The number of hydrogen-bond donors (Lipinski definition) is 2. The van der Waals surface area contributed by atoms with Gasteiger partial charge in [-0.25, -0.2) is 0 Å². The lowest BCUT2D eigenvalue weighted by atomic mass is 9.81. The SMILES string of the molecule is CC1C2=C(SCCN2)C1C.CC1C2=C(SCCN2)C1C. The Morgan fingerprint density at radius 3 is 1.45 bits per heavy atom. The second-order valence-corrected chi connectivity index (χ2v) is 8.53. The highest BCUT2D eigenvalue weighted by Crippen LogP contribution is 2.47. The van der Waals surface area contributed by atoms with Gasteiger partial charge in [0.1, 0.15) is 0 Å². The molecule has 0 bridgehead atoms.